The van der Waals surface area contributed by atoms with Crippen molar-refractivity contribution in [1.82, 2.24) is 4.90 Å². The Bertz CT molecular complexity index is 904. The van der Waals surface area contributed by atoms with Crippen molar-refractivity contribution >= 4 is 23.3 Å². The van der Waals surface area contributed by atoms with Gasteiger partial charge in [0, 0.05) is 30.3 Å². The molecule has 140 valence electrons. The average molecular weight is 364 g/mol. The number of nitrogens with zero attached hydrogens (tertiary/aromatic N) is 1. The van der Waals surface area contributed by atoms with Gasteiger partial charge >= 0.3 is 0 Å². The summed E-state index contributed by atoms with van der Waals surface area (Å²) in [6, 6.07) is 12.1. The maximum absolute atomic E-state index is 13.0. The van der Waals surface area contributed by atoms with Gasteiger partial charge in [-0.2, -0.15) is 0 Å². The van der Waals surface area contributed by atoms with Crippen molar-refractivity contribution < 1.29 is 14.4 Å². The third-order valence-electron chi connectivity index (χ3n) is 5.04. The summed E-state index contributed by atoms with van der Waals surface area (Å²) in [6.07, 6.45) is 1.47. The molecule has 0 radical (unpaired) electrons. The number of nitrogens with one attached hydrogen (secondary N) is 1. The molecule has 0 aromatic heterocycles. The second-order valence-corrected chi connectivity index (χ2v) is 7.08. The number of hydrogen-bond donors (Lipinski definition) is 1. The van der Waals surface area contributed by atoms with E-state index in [1.807, 2.05) is 32.0 Å². The minimum absolute atomic E-state index is 0.0121. The van der Waals surface area contributed by atoms with Crippen molar-refractivity contribution in [2.75, 3.05) is 11.9 Å². The van der Waals surface area contributed by atoms with E-state index in [2.05, 4.69) is 5.32 Å². The third kappa shape index (κ3) is 4.08. The third-order valence-corrected chi connectivity index (χ3v) is 5.04. The number of Topliss-reactive ketones (excluding diaryl/α,β-unsaturated/α-hetero) is 1. The molecule has 0 saturated carbocycles. The van der Waals surface area contributed by atoms with Gasteiger partial charge in [-0.25, -0.2) is 0 Å². The van der Waals surface area contributed by atoms with Crippen molar-refractivity contribution in [1.29, 1.82) is 0 Å². The first-order valence-electron chi connectivity index (χ1n) is 9.17. The Morgan fingerprint density at radius 1 is 1.00 bits per heavy atom. The van der Waals surface area contributed by atoms with Crippen LogP contribution in [0.5, 0.6) is 0 Å². The van der Waals surface area contributed by atoms with E-state index in [0.717, 1.165) is 17.5 Å². The highest BCUT2D eigenvalue weighted by molar-refractivity contribution is 6.05. The van der Waals surface area contributed by atoms with E-state index in [4.69, 9.17) is 0 Å². The van der Waals surface area contributed by atoms with Crippen molar-refractivity contribution in [3.05, 3.63) is 64.7 Å². The van der Waals surface area contributed by atoms with Crippen LogP contribution < -0.4 is 5.32 Å². The fraction of sp³-hybridized carbons (Fsp3) is 0.318. The Kier molecular flexibility index (Phi) is 5.40. The lowest BCUT2D eigenvalue weighted by Gasteiger charge is -2.24. The molecule has 1 atom stereocenters. The quantitative estimate of drug-likeness (QED) is 0.840. The lowest BCUT2D eigenvalue weighted by atomic mass is 9.98. The molecule has 2 amide bonds. The fourth-order valence-electron chi connectivity index (χ4n) is 3.47. The topological polar surface area (TPSA) is 66.5 Å². The molecule has 5 nitrogen and oxygen atoms in total. The maximum Gasteiger partial charge on any atom is 0.254 e. The minimum Gasteiger partial charge on any atom is -0.328 e. The summed E-state index contributed by atoms with van der Waals surface area (Å²) in [5.41, 5.74) is 3.90. The Balaban J connectivity index is 1.83. The van der Waals surface area contributed by atoms with Crippen LogP contribution in [0.4, 0.5) is 5.69 Å². The molecule has 1 unspecified atom stereocenters. The molecule has 3 rings (SSSR count). The van der Waals surface area contributed by atoms with Crippen LogP contribution in [-0.2, 0) is 4.79 Å². The number of ketones is 1. The number of carbonyl (C=O) groups excluding carboxylic acids is 3. The summed E-state index contributed by atoms with van der Waals surface area (Å²) < 4.78 is 0. The van der Waals surface area contributed by atoms with Gasteiger partial charge in [0.1, 0.15) is 0 Å². The highest BCUT2D eigenvalue weighted by Gasteiger charge is 2.35. The smallest absolute Gasteiger partial charge is 0.254 e. The highest BCUT2D eigenvalue weighted by Crippen LogP contribution is 2.25. The number of benzene rings is 2. The number of aryl methyl sites for hydroxylation is 2. The predicted molar refractivity (Wildman–Crippen MR) is 105 cm³/mol. The lowest BCUT2D eigenvalue weighted by molar-refractivity contribution is -0.114. The van der Waals surface area contributed by atoms with Gasteiger partial charge in [-0.15, -0.1) is 0 Å². The van der Waals surface area contributed by atoms with Crippen LogP contribution in [-0.4, -0.2) is 35.1 Å². The molecule has 1 aliphatic rings. The van der Waals surface area contributed by atoms with Gasteiger partial charge < -0.3 is 10.2 Å². The largest absolute Gasteiger partial charge is 0.328 e. The first-order valence-corrected chi connectivity index (χ1v) is 9.17. The van der Waals surface area contributed by atoms with Gasteiger partial charge in [0.05, 0.1) is 6.04 Å². The van der Waals surface area contributed by atoms with Gasteiger partial charge in [0.25, 0.3) is 5.91 Å². The van der Waals surface area contributed by atoms with E-state index >= 15 is 0 Å². The molecule has 1 saturated heterocycles. The summed E-state index contributed by atoms with van der Waals surface area (Å²) in [5, 5.41) is 2.69. The summed E-state index contributed by atoms with van der Waals surface area (Å²) in [6.45, 7) is 5.98. The number of amides is 2. The first kappa shape index (κ1) is 18.8. The fourth-order valence-corrected chi connectivity index (χ4v) is 3.47. The molecule has 1 aliphatic heterocycles. The van der Waals surface area contributed by atoms with E-state index in [1.54, 1.807) is 29.2 Å². The van der Waals surface area contributed by atoms with Crippen LogP contribution in [0.3, 0.4) is 0 Å². The first-order chi connectivity index (χ1) is 12.9. The number of likely N-dealkylation sites (tertiary alicyclic amines) is 1. The second-order valence-electron chi connectivity index (χ2n) is 7.08. The van der Waals surface area contributed by atoms with Crippen LogP contribution in [0.1, 0.15) is 51.6 Å². The zero-order valence-electron chi connectivity index (χ0n) is 15.9. The molecule has 0 bridgehead atoms. The summed E-state index contributed by atoms with van der Waals surface area (Å²) in [7, 11) is 0. The van der Waals surface area contributed by atoms with Gasteiger partial charge in [0.15, 0.2) is 5.78 Å². The molecule has 0 aliphatic carbocycles. The molecule has 0 spiro atoms. The average Bonchev–Trinajstić information content (AvgIpc) is 3.12. The van der Waals surface area contributed by atoms with Crippen LogP contribution >= 0.6 is 0 Å². The van der Waals surface area contributed by atoms with Crippen molar-refractivity contribution in [2.24, 2.45) is 0 Å². The van der Waals surface area contributed by atoms with Crippen LogP contribution in [0.15, 0.2) is 42.5 Å². The SMILES string of the molecule is CC(=O)Nc1cccc(C(=O)N2CCCC2C(=O)c2ccc(C)c(C)c2)c1. The zero-order valence-corrected chi connectivity index (χ0v) is 15.9. The van der Waals surface area contributed by atoms with Gasteiger partial charge in [-0.05, 0) is 62.1 Å². The standard InChI is InChI=1S/C22H24N2O3/c1-14-9-10-17(12-15(14)2)21(26)20-8-5-11-24(20)22(27)18-6-4-7-19(13-18)23-16(3)25/h4,6-7,9-10,12-13,20H,5,8,11H2,1-3H3,(H,23,25). The lowest BCUT2D eigenvalue weighted by Crippen LogP contribution is -2.40. The van der Waals surface area contributed by atoms with Crippen LogP contribution in [0.2, 0.25) is 0 Å². The Hall–Kier alpha value is -2.95. The molecule has 2 aromatic carbocycles. The summed E-state index contributed by atoms with van der Waals surface area (Å²) in [4.78, 5) is 38.9. The van der Waals surface area contributed by atoms with E-state index in [-0.39, 0.29) is 17.6 Å². The van der Waals surface area contributed by atoms with E-state index < -0.39 is 6.04 Å². The zero-order chi connectivity index (χ0) is 19.6. The van der Waals surface area contributed by atoms with E-state index in [0.29, 0.717) is 29.8 Å². The molecule has 5 heteroatoms. The monoisotopic (exact) mass is 364 g/mol. The van der Waals surface area contributed by atoms with Crippen LogP contribution in [0, 0.1) is 13.8 Å². The predicted octanol–water partition coefficient (Wildman–Crippen LogP) is 3.75. The molecule has 1 fully saturated rings. The highest BCUT2D eigenvalue weighted by atomic mass is 16.2. The maximum atomic E-state index is 13.0. The molecular formula is C22H24N2O3. The summed E-state index contributed by atoms with van der Waals surface area (Å²) in [5.74, 6) is -0.382. The number of anilines is 1. The molecular weight excluding hydrogens is 340 g/mol. The van der Waals surface area contributed by atoms with Crippen molar-refractivity contribution in [2.45, 2.75) is 39.7 Å². The molecule has 1 heterocycles. The van der Waals surface area contributed by atoms with Crippen LogP contribution in [0.25, 0.3) is 0 Å². The van der Waals surface area contributed by atoms with Gasteiger partial charge in [-0.1, -0.05) is 18.2 Å². The van der Waals surface area contributed by atoms with E-state index in [1.165, 1.54) is 6.92 Å². The molecule has 1 N–H and O–H groups in total. The Labute approximate surface area is 159 Å². The number of carbonyl (C=O) groups is 3. The molecule has 27 heavy (non-hydrogen) atoms. The number of hydrogen-bond acceptors (Lipinski definition) is 3. The second kappa shape index (κ2) is 7.74. The molecule has 2 aromatic rings. The Morgan fingerprint density at radius 2 is 1.78 bits per heavy atom. The van der Waals surface area contributed by atoms with E-state index in [9.17, 15) is 14.4 Å². The Morgan fingerprint density at radius 3 is 2.48 bits per heavy atom. The normalized spacial score (nSPS) is 16.3. The minimum atomic E-state index is -0.441. The van der Waals surface area contributed by atoms with Gasteiger partial charge in [0.2, 0.25) is 5.91 Å². The van der Waals surface area contributed by atoms with Crippen molar-refractivity contribution in [3.63, 3.8) is 0 Å². The summed E-state index contributed by atoms with van der Waals surface area (Å²) >= 11 is 0. The van der Waals surface area contributed by atoms with Crippen molar-refractivity contribution in [3.8, 4) is 0 Å². The van der Waals surface area contributed by atoms with Gasteiger partial charge in [-0.3, -0.25) is 14.4 Å². The number of rotatable bonds is 4.